The summed E-state index contributed by atoms with van der Waals surface area (Å²) in [6.45, 7) is 13.5. The van der Waals surface area contributed by atoms with Crippen molar-refractivity contribution in [3.8, 4) is 0 Å². The summed E-state index contributed by atoms with van der Waals surface area (Å²) in [7, 11) is 0. The van der Waals surface area contributed by atoms with Gasteiger partial charge in [0.05, 0.1) is 0 Å². The lowest BCUT2D eigenvalue weighted by atomic mass is 9.90. The number of carbonyl (C=O) groups excluding carboxylic acids is 1. The van der Waals surface area contributed by atoms with Crippen molar-refractivity contribution >= 4 is 6.09 Å². The molecular weight excluding hydrogens is 264 g/mol. The lowest BCUT2D eigenvalue weighted by molar-refractivity contribution is 0.0445. The van der Waals surface area contributed by atoms with E-state index in [1.54, 1.807) is 0 Å². The van der Waals surface area contributed by atoms with Gasteiger partial charge in [0.2, 0.25) is 0 Å². The number of nitrogens with one attached hydrogen (secondary N) is 1. The van der Waals surface area contributed by atoms with Crippen LogP contribution in [0.2, 0.25) is 0 Å². The predicted molar refractivity (Wildman–Crippen MR) is 87.5 cm³/mol. The first-order valence-electron chi connectivity index (χ1n) is 8.56. The first-order chi connectivity index (χ1) is 9.84. The van der Waals surface area contributed by atoms with Crippen molar-refractivity contribution in [3.05, 3.63) is 0 Å². The quantitative estimate of drug-likeness (QED) is 0.811. The second-order valence-electron chi connectivity index (χ2n) is 7.35. The van der Waals surface area contributed by atoms with Crippen LogP contribution in [0.3, 0.4) is 0 Å². The molecule has 2 unspecified atom stereocenters. The van der Waals surface area contributed by atoms with E-state index in [2.05, 4.69) is 24.1 Å². The molecule has 1 N–H and O–H groups in total. The lowest BCUT2D eigenvalue weighted by Crippen LogP contribution is -2.51. The average molecular weight is 298 g/mol. The van der Waals surface area contributed by atoms with Gasteiger partial charge in [0.15, 0.2) is 0 Å². The summed E-state index contributed by atoms with van der Waals surface area (Å²) < 4.78 is 5.38. The number of unbranched alkanes of at least 4 members (excludes halogenated alkanes) is 1. The zero-order valence-corrected chi connectivity index (χ0v) is 14.6. The van der Waals surface area contributed by atoms with Crippen LogP contribution in [-0.2, 0) is 4.74 Å². The van der Waals surface area contributed by atoms with Crippen molar-refractivity contribution in [1.82, 2.24) is 10.2 Å². The van der Waals surface area contributed by atoms with Crippen LogP contribution in [-0.4, -0.2) is 42.3 Å². The monoisotopic (exact) mass is 298 g/mol. The van der Waals surface area contributed by atoms with Crippen molar-refractivity contribution in [1.29, 1.82) is 0 Å². The van der Waals surface area contributed by atoms with Crippen LogP contribution in [0, 0.1) is 5.92 Å². The molecule has 1 aliphatic heterocycles. The number of piperidine rings is 1. The van der Waals surface area contributed by atoms with Gasteiger partial charge >= 0.3 is 6.09 Å². The average Bonchev–Trinajstić information content (AvgIpc) is 2.34. The van der Waals surface area contributed by atoms with E-state index in [1.807, 2.05) is 20.8 Å². The third-order valence-corrected chi connectivity index (χ3v) is 3.86. The number of carbonyl (C=O) groups is 1. The largest absolute Gasteiger partial charge is 0.444 e. The van der Waals surface area contributed by atoms with Crippen molar-refractivity contribution in [2.24, 2.45) is 5.92 Å². The Morgan fingerprint density at radius 3 is 2.52 bits per heavy atom. The van der Waals surface area contributed by atoms with E-state index in [1.165, 1.54) is 32.2 Å². The van der Waals surface area contributed by atoms with Gasteiger partial charge in [-0.2, -0.15) is 0 Å². The van der Waals surface area contributed by atoms with Gasteiger partial charge in [-0.1, -0.05) is 26.7 Å². The summed E-state index contributed by atoms with van der Waals surface area (Å²) >= 11 is 0. The molecule has 1 saturated heterocycles. The molecule has 0 aromatic rings. The van der Waals surface area contributed by atoms with Gasteiger partial charge in [-0.05, 0) is 52.5 Å². The van der Waals surface area contributed by atoms with E-state index < -0.39 is 5.60 Å². The normalized spacial score (nSPS) is 23.9. The van der Waals surface area contributed by atoms with Gasteiger partial charge in [0.25, 0.3) is 0 Å². The van der Waals surface area contributed by atoms with Crippen LogP contribution in [0.5, 0.6) is 0 Å². The molecule has 1 amide bonds. The van der Waals surface area contributed by atoms with Crippen LogP contribution in [0.15, 0.2) is 0 Å². The number of rotatable bonds is 6. The van der Waals surface area contributed by atoms with E-state index in [0.717, 1.165) is 19.5 Å². The summed E-state index contributed by atoms with van der Waals surface area (Å²) in [6, 6.07) is 0.224. The molecule has 0 saturated carbocycles. The Morgan fingerprint density at radius 1 is 1.24 bits per heavy atom. The second-order valence-corrected chi connectivity index (χ2v) is 7.35. The summed E-state index contributed by atoms with van der Waals surface area (Å²) in [5.74, 6) is 0.695. The molecule has 0 radical (unpaired) electrons. The van der Waals surface area contributed by atoms with Crippen LogP contribution >= 0.6 is 0 Å². The topological polar surface area (TPSA) is 41.6 Å². The fourth-order valence-corrected chi connectivity index (χ4v) is 3.06. The molecule has 0 aromatic carbocycles. The Hall–Kier alpha value is -0.770. The molecule has 124 valence electrons. The smallest absolute Gasteiger partial charge is 0.407 e. The van der Waals surface area contributed by atoms with Crippen molar-refractivity contribution in [3.63, 3.8) is 0 Å². The van der Waals surface area contributed by atoms with E-state index in [0.29, 0.717) is 5.92 Å². The van der Waals surface area contributed by atoms with Gasteiger partial charge in [0, 0.05) is 19.1 Å². The highest BCUT2D eigenvalue weighted by molar-refractivity contribution is 5.68. The molecule has 4 nitrogen and oxygen atoms in total. The van der Waals surface area contributed by atoms with Gasteiger partial charge in [-0.3, -0.25) is 0 Å². The predicted octanol–water partition coefficient (Wildman–Crippen LogP) is 3.80. The molecule has 1 rings (SSSR count). The summed E-state index contributed by atoms with van der Waals surface area (Å²) in [4.78, 5) is 14.5. The number of likely N-dealkylation sites (tertiary alicyclic amines) is 1. The molecule has 0 aliphatic carbocycles. The molecule has 0 spiro atoms. The van der Waals surface area contributed by atoms with Gasteiger partial charge in [-0.15, -0.1) is 0 Å². The molecular formula is C17H34N2O2. The van der Waals surface area contributed by atoms with Gasteiger partial charge in [-0.25, -0.2) is 4.79 Å². The second kappa shape index (κ2) is 8.62. The van der Waals surface area contributed by atoms with Crippen molar-refractivity contribution in [2.75, 3.05) is 19.6 Å². The Kier molecular flexibility index (Phi) is 7.50. The molecule has 2 atom stereocenters. The minimum absolute atomic E-state index is 0.224. The first kappa shape index (κ1) is 18.3. The van der Waals surface area contributed by atoms with E-state index in [-0.39, 0.29) is 12.1 Å². The highest BCUT2D eigenvalue weighted by Gasteiger charge is 2.28. The maximum absolute atomic E-state index is 12.0. The van der Waals surface area contributed by atoms with E-state index in [9.17, 15) is 4.79 Å². The number of ether oxygens (including phenoxy) is 1. The summed E-state index contributed by atoms with van der Waals surface area (Å²) in [6.07, 6.45) is 5.72. The Bertz CT molecular complexity index is 312. The Balaban J connectivity index is 2.52. The van der Waals surface area contributed by atoms with Crippen molar-refractivity contribution in [2.45, 2.75) is 78.4 Å². The molecule has 21 heavy (non-hydrogen) atoms. The molecule has 0 bridgehead atoms. The minimum Gasteiger partial charge on any atom is -0.444 e. The first-order valence-corrected chi connectivity index (χ1v) is 8.56. The third kappa shape index (κ3) is 7.70. The zero-order chi connectivity index (χ0) is 15.9. The van der Waals surface area contributed by atoms with Crippen LogP contribution in [0.25, 0.3) is 0 Å². The summed E-state index contributed by atoms with van der Waals surface area (Å²) in [5, 5.41) is 3.07. The molecule has 1 heterocycles. The number of hydrogen-bond donors (Lipinski definition) is 1. The van der Waals surface area contributed by atoms with E-state index in [4.69, 9.17) is 4.74 Å². The molecule has 1 aliphatic rings. The number of amides is 1. The Morgan fingerprint density at radius 2 is 1.95 bits per heavy atom. The van der Waals surface area contributed by atoms with Gasteiger partial charge in [0.1, 0.15) is 5.60 Å². The molecule has 1 fully saturated rings. The Labute approximate surface area is 130 Å². The number of nitrogens with zero attached hydrogens (tertiary/aromatic N) is 1. The fourth-order valence-electron chi connectivity index (χ4n) is 3.06. The number of hydrogen-bond acceptors (Lipinski definition) is 3. The van der Waals surface area contributed by atoms with Crippen LogP contribution < -0.4 is 5.32 Å². The highest BCUT2D eigenvalue weighted by atomic mass is 16.6. The minimum atomic E-state index is -0.427. The maximum Gasteiger partial charge on any atom is 0.407 e. The zero-order valence-electron chi connectivity index (χ0n) is 14.6. The standard InChI is InChI=1S/C17H34N2O2/c1-6-8-10-19-12-14(9-7-2)11-15(13-19)18-16(20)21-17(3,4)5/h14-15H,6-13H2,1-5H3,(H,18,20). The maximum atomic E-state index is 12.0. The van der Waals surface area contributed by atoms with Crippen LogP contribution in [0.1, 0.15) is 66.7 Å². The molecule has 4 heteroatoms. The SMILES string of the molecule is CCCCN1CC(CCC)CC(NC(=O)OC(C)(C)C)C1. The summed E-state index contributed by atoms with van der Waals surface area (Å²) in [5.41, 5.74) is -0.427. The lowest BCUT2D eigenvalue weighted by Gasteiger charge is -2.38. The van der Waals surface area contributed by atoms with Gasteiger partial charge < -0.3 is 15.0 Å². The highest BCUT2D eigenvalue weighted by Crippen LogP contribution is 2.22. The third-order valence-electron chi connectivity index (χ3n) is 3.86. The fraction of sp³-hybridized carbons (Fsp3) is 0.941. The van der Waals surface area contributed by atoms with Crippen LogP contribution in [0.4, 0.5) is 4.79 Å². The molecule has 0 aromatic heterocycles. The van der Waals surface area contributed by atoms with Crippen molar-refractivity contribution < 1.29 is 9.53 Å². The van der Waals surface area contributed by atoms with E-state index >= 15 is 0 Å². The number of alkyl carbamates (subject to hydrolysis) is 1.